The van der Waals surface area contributed by atoms with Gasteiger partial charge in [0.25, 0.3) is 0 Å². The number of para-hydroxylation sites is 1. The summed E-state index contributed by atoms with van der Waals surface area (Å²) >= 11 is 0. The van der Waals surface area contributed by atoms with E-state index in [1.807, 2.05) is 18.2 Å². The third-order valence-electron chi connectivity index (χ3n) is 8.88. The number of aromatic nitrogens is 3. The molecule has 1 unspecified atom stereocenters. The van der Waals surface area contributed by atoms with E-state index >= 15 is 0 Å². The molecule has 9 rings (SSSR count). The molecule has 0 saturated heterocycles. The second-order valence-electron chi connectivity index (χ2n) is 11.6. The van der Waals surface area contributed by atoms with Gasteiger partial charge < -0.3 is 4.42 Å². The van der Waals surface area contributed by atoms with Crippen molar-refractivity contribution >= 4 is 38.3 Å². The normalized spacial score (nSPS) is 15.8. The van der Waals surface area contributed by atoms with Gasteiger partial charge in [-0.1, -0.05) is 127 Å². The Balaban J connectivity index is 1.26. The zero-order chi connectivity index (χ0) is 29.7. The fourth-order valence-corrected chi connectivity index (χ4v) is 6.64. The minimum absolute atomic E-state index is 0.318. The first-order valence-corrected chi connectivity index (χ1v) is 15.3. The molecule has 0 N–H and O–H groups in total. The number of fused-ring (bicyclic) bond motifs is 5. The van der Waals surface area contributed by atoms with Gasteiger partial charge in [0.15, 0.2) is 17.5 Å². The first kappa shape index (κ1) is 25.6. The molecule has 2 aromatic heterocycles. The molecule has 0 aliphatic heterocycles. The smallest absolute Gasteiger partial charge is 0.164 e. The third kappa shape index (κ3) is 4.42. The first-order valence-electron chi connectivity index (χ1n) is 15.3. The van der Waals surface area contributed by atoms with Crippen LogP contribution < -0.4 is 0 Å². The molecule has 4 nitrogen and oxygen atoms in total. The lowest BCUT2D eigenvalue weighted by molar-refractivity contribution is 0.669. The Hall–Kier alpha value is -5.87. The third-order valence-corrected chi connectivity index (χ3v) is 8.88. The summed E-state index contributed by atoms with van der Waals surface area (Å²) in [5.41, 5.74) is 8.22. The molecule has 4 heteroatoms. The van der Waals surface area contributed by atoms with E-state index in [0.717, 1.165) is 61.6 Å². The number of furan rings is 1. The van der Waals surface area contributed by atoms with Gasteiger partial charge in [0.05, 0.1) is 0 Å². The molecule has 5 aromatic carbocycles. The van der Waals surface area contributed by atoms with Gasteiger partial charge >= 0.3 is 0 Å². The number of nitrogens with zero attached hydrogens (tertiary/aromatic N) is 3. The predicted molar refractivity (Wildman–Crippen MR) is 183 cm³/mol. The van der Waals surface area contributed by atoms with Crippen LogP contribution in [0.4, 0.5) is 0 Å². The molecule has 1 atom stereocenters. The summed E-state index contributed by atoms with van der Waals surface area (Å²) < 4.78 is 6.25. The highest BCUT2D eigenvalue weighted by Crippen LogP contribution is 2.41. The molecule has 2 aliphatic carbocycles. The van der Waals surface area contributed by atoms with Crippen LogP contribution in [0.5, 0.6) is 0 Å². The van der Waals surface area contributed by atoms with E-state index in [4.69, 9.17) is 19.4 Å². The van der Waals surface area contributed by atoms with E-state index in [2.05, 4.69) is 127 Å². The van der Waals surface area contributed by atoms with Crippen LogP contribution in [0.1, 0.15) is 12.2 Å². The Kier molecular flexibility index (Phi) is 5.91. The van der Waals surface area contributed by atoms with Crippen molar-refractivity contribution in [2.45, 2.75) is 6.42 Å². The molecule has 0 amide bonds. The monoisotopic (exact) mass is 577 g/mol. The zero-order valence-corrected chi connectivity index (χ0v) is 24.4. The molecular weight excluding hydrogens is 550 g/mol. The lowest BCUT2D eigenvalue weighted by atomic mass is 9.84. The van der Waals surface area contributed by atoms with Crippen LogP contribution in [0.2, 0.25) is 0 Å². The van der Waals surface area contributed by atoms with Gasteiger partial charge in [0.1, 0.15) is 11.2 Å². The van der Waals surface area contributed by atoms with Gasteiger partial charge in [-0.05, 0) is 57.7 Å². The Morgan fingerprint density at radius 3 is 2.29 bits per heavy atom. The molecule has 0 bridgehead atoms. The molecule has 0 saturated carbocycles. The number of rotatable bonds is 4. The van der Waals surface area contributed by atoms with Gasteiger partial charge in [0.2, 0.25) is 0 Å². The van der Waals surface area contributed by atoms with Crippen LogP contribution in [0.25, 0.3) is 72.2 Å². The highest BCUT2D eigenvalue weighted by Gasteiger charge is 2.23. The maximum Gasteiger partial charge on any atom is 0.164 e. The summed E-state index contributed by atoms with van der Waals surface area (Å²) in [5, 5.41) is 4.53. The van der Waals surface area contributed by atoms with Crippen LogP contribution in [0, 0.1) is 5.92 Å². The highest BCUT2D eigenvalue weighted by molar-refractivity contribution is 6.13. The van der Waals surface area contributed by atoms with Gasteiger partial charge in [-0.25, -0.2) is 15.0 Å². The fourth-order valence-electron chi connectivity index (χ4n) is 6.64. The van der Waals surface area contributed by atoms with E-state index in [-0.39, 0.29) is 0 Å². The quantitative estimate of drug-likeness (QED) is 0.209. The van der Waals surface area contributed by atoms with E-state index in [1.54, 1.807) is 0 Å². The first-order chi connectivity index (χ1) is 22.3. The van der Waals surface area contributed by atoms with Gasteiger partial charge in [-0.2, -0.15) is 0 Å². The van der Waals surface area contributed by atoms with Crippen LogP contribution in [-0.2, 0) is 0 Å². The molecule has 2 heterocycles. The molecule has 0 radical (unpaired) electrons. The number of allylic oxidation sites excluding steroid dienone is 8. The number of hydrogen-bond donors (Lipinski definition) is 0. The fraction of sp³-hybridized carbons (Fsp3) is 0.0488. The van der Waals surface area contributed by atoms with Crippen molar-refractivity contribution in [1.82, 2.24) is 15.0 Å². The zero-order valence-electron chi connectivity index (χ0n) is 24.4. The van der Waals surface area contributed by atoms with Crippen molar-refractivity contribution in [2.75, 3.05) is 0 Å². The van der Waals surface area contributed by atoms with E-state index in [0.29, 0.717) is 23.4 Å². The Bertz CT molecular complexity index is 2420. The van der Waals surface area contributed by atoms with Gasteiger partial charge in [0, 0.05) is 27.8 Å². The second kappa shape index (κ2) is 10.4. The minimum atomic E-state index is 0.318. The summed E-state index contributed by atoms with van der Waals surface area (Å²) in [6.45, 7) is 0. The maximum atomic E-state index is 6.25. The Morgan fingerprint density at radius 2 is 1.33 bits per heavy atom. The molecule has 0 spiro atoms. The molecular formula is C41H27N3O. The van der Waals surface area contributed by atoms with Crippen molar-refractivity contribution in [3.8, 4) is 33.9 Å². The average Bonchev–Trinajstić information content (AvgIpc) is 3.50. The SMILES string of the molecule is C1=CC2=CC=C(c3nc(-c4ccc5ccccc5c4)nc(-c4ccccc4-c4cccc5oc6ccccc6c45)n3)CC2C=C1. The second-order valence-corrected chi connectivity index (χ2v) is 11.6. The molecule has 212 valence electrons. The van der Waals surface area contributed by atoms with Crippen molar-refractivity contribution in [2.24, 2.45) is 5.92 Å². The summed E-state index contributed by atoms with van der Waals surface area (Å²) in [6, 6.07) is 37.7. The largest absolute Gasteiger partial charge is 0.456 e. The van der Waals surface area contributed by atoms with Crippen LogP contribution in [0.15, 0.2) is 156 Å². The van der Waals surface area contributed by atoms with E-state index in [1.165, 1.54) is 11.0 Å². The molecule has 0 fully saturated rings. The minimum Gasteiger partial charge on any atom is -0.456 e. The standard InChI is InChI=1S/C41H27N3O/c1-3-12-28-24-30(22-20-26(28)10-1)39-42-40(31-23-21-27-11-2-4-13-29(27)25-31)44-41(43-39)34-15-6-5-14-32(34)33-17-9-19-37-38(33)35-16-7-8-18-36(35)45-37/h1-24,29H,25H2. The maximum absolute atomic E-state index is 6.25. The Morgan fingerprint density at radius 1 is 0.578 bits per heavy atom. The van der Waals surface area contributed by atoms with Gasteiger partial charge in [-0.3, -0.25) is 0 Å². The molecule has 45 heavy (non-hydrogen) atoms. The molecule has 7 aromatic rings. The van der Waals surface area contributed by atoms with Crippen molar-refractivity contribution in [3.63, 3.8) is 0 Å². The van der Waals surface area contributed by atoms with Crippen LogP contribution >= 0.6 is 0 Å². The van der Waals surface area contributed by atoms with Crippen LogP contribution in [0.3, 0.4) is 0 Å². The summed E-state index contributed by atoms with van der Waals surface area (Å²) in [6.07, 6.45) is 13.9. The lowest BCUT2D eigenvalue weighted by Gasteiger charge is -2.22. The summed E-state index contributed by atoms with van der Waals surface area (Å²) in [5.74, 6) is 2.34. The average molecular weight is 578 g/mol. The number of hydrogen-bond acceptors (Lipinski definition) is 4. The summed E-state index contributed by atoms with van der Waals surface area (Å²) in [4.78, 5) is 15.4. The van der Waals surface area contributed by atoms with E-state index in [9.17, 15) is 0 Å². The van der Waals surface area contributed by atoms with Crippen molar-refractivity contribution < 1.29 is 4.42 Å². The summed E-state index contributed by atoms with van der Waals surface area (Å²) in [7, 11) is 0. The van der Waals surface area contributed by atoms with Crippen LogP contribution in [-0.4, -0.2) is 15.0 Å². The number of benzene rings is 5. The highest BCUT2D eigenvalue weighted by atomic mass is 16.3. The van der Waals surface area contributed by atoms with Crippen molar-refractivity contribution in [3.05, 3.63) is 157 Å². The Labute approximate surface area is 260 Å². The topological polar surface area (TPSA) is 51.8 Å². The predicted octanol–water partition coefficient (Wildman–Crippen LogP) is 10.4. The van der Waals surface area contributed by atoms with Gasteiger partial charge in [-0.15, -0.1) is 0 Å². The lowest BCUT2D eigenvalue weighted by Crippen LogP contribution is -2.10. The van der Waals surface area contributed by atoms with Crippen molar-refractivity contribution in [1.29, 1.82) is 0 Å². The molecule has 2 aliphatic rings. The van der Waals surface area contributed by atoms with E-state index < -0.39 is 0 Å².